The Morgan fingerprint density at radius 2 is 2.23 bits per heavy atom. The summed E-state index contributed by atoms with van der Waals surface area (Å²) in [6, 6.07) is 3.03. The van der Waals surface area contributed by atoms with Gasteiger partial charge in [-0.2, -0.15) is 0 Å². The number of halogens is 1. The van der Waals surface area contributed by atoms with Gasteiger partial charge in [-0.25, -0.2) is 9.18 Å². The quantitative estimate of drug-likeness (QED) is 0.747. The van der Waals surface area contributed by atoms with Crippen LogP contribution >= 0.6 is 0 Å². The van der Waals surface area contributed by atoms with Crippen LogP contribution < -0.4 is 15.4 Å². The van der Waals surface area contributed by atoms with Gasteiger partial charge < -0.3 is 20.5 Å². The molecule has 2 unspecified atom stereocenters. The molecule has 0 saturated heterocycles. The summed E-state index contributed by atoms with van der Waals surface area (Å²) in [6.45, 7) is -0.0267. The van der Waals surface area contributed by atoms with Crippen molar-refractivity contribution in [2.75, 3.05) is 11.9 Å². The predicted molar refractivity (Wildman–Crippen MR) is 81.1 cm³/mol. The zero-order valence-corrected chi connectivity index (χ0v) is 12.1. The highest BCUT2D eigenvalue weighted by Crippen LogP contribution is 2.25. The van der Waals surface area contributed by atoms with E-state index >= 15 is 0 Å². The van der Waals surface area contributed by atoms with Gasteiger partial charge in [-0.15, -0.1) is 6.42 Å². The first-order valence-corrected chi connectivity index (χ1v) is 7.21. The minimum Gasteiger partial charge on any atom is -0.479 e. The number of urea groups is 1. The van der Waals surface area contributed by atoms with Crippen LogP contribution in [0.4, 0.5) is 14.9 Å². The molecule has 2 rings (SSSR count). The predicted octanol–water partition coefficient (Wildman–Crippen LogP) is 2.26. The molecular formula is C16H19FN2O3. The molecule has 2 amide bonds. The summed E-state index contributed by atoms with van der Waals surface area (Å²) < 4.78 is 18.5. The highest BCUT2D eigenvalue weighted by atomic mass is 19.1. The molecule has 0 radical (unpaired) electrons. The molecular weight excluding hydrogens is 287 g/mol. The van der Waals surface area contributed by atoms with Crippen molar-refractivity contribution < 1.29 is 19.0 Å². The maximum absolute atomic E-state index is 13.2. The largest absolute Gasteiger partial charge is 0.479 e. The summed E-state index contributed by atoms with van der Waals surface area (Å²) in [5.74, 6) is 1.96. The second kappa shape index (κ2) is 7.66. The van der Waals surface area contributed by atoms with E-state index < -0.39 is 18.0 Å². The van der Waals surface area contributed by atoms with E-state index in [0.29, 0.717) is 12.1 Å². The number of hydrogen-bond donors (Lipinski definition) is 3. The topological polar surface area (TPSA) is 70.6 Å². The van der Waals surface area contributed by atoms with E-state index in [1.54, 1.807) is 0 Å². The molecule has 0 spiro atoms. The summed E-state index contributed by atoms with van der Waals surface area (Å²) in [4.78, 5) is 12.0. The van der Waals surface area contributed by atoms with Crippen LogP contribution in [0.15, 0.2) is 18.2 Å². The minimum absolute atomic E-state index is 0.0267. The van der Waals surface area contributed by atoms with E-state index in [-0.39, 0.29) is 18.4 Å². The first-order chi connectivity index (χ1) is 10.6. The van der Waals surface area contributed by atoms with Gasteiger partial charge >= 0.3 is 6.03 Å². The first-order valence-electron chi connectivity index (χ1n) is 7.21. The molecule has 118 valence electrons. The zero-order valence-electron chi connectivity index (χ0n) is 12.1. The minimum atomic E-state index is -0.537. The normalized spacial score (nSPS) is 20.8. The van der Waals surface area contributed by atoms with E-state index in [0.717, 1.165) is 25.3 Å². The number of carbonyl (C=O) groups excluding carboxylic acids is 1. The molecule has 2 atom stereocenters. The number of benzene rings is 1. The van der Waals surface area contributed by atoms with E-state index in [1.807, 2.05) is 0 Å². The summed E-state index contributed by atoms with van der Waals surface area (Å²) in [6.07, 6.45) is 7.91. The number of aliphatic hydroxyl groups is 1. The second-order valence-corrected chi connectivity index (χ2v) is 5.19. The number of aliphatic hydroxyl groups excluding tert-OH is 1. The van der Waals surface area contributed by atoms with E-state index in [1.165, 1.54) is 12.1 Å². The lowest BCUT2D eigenvalue weighted by molar-refractivity contribution is 0.0955. The van der Waals surface area contributed by atoms with Crippen molar-refractivity contribution in [1.29, 1.82) is 0 Å². The molecule has 1 aromatic carbocycles. The smallest absolute Gasteiger partial charge is 0.319 e. The summed E-state index contributed by atoms with van der Waals surface area (Å²) in [5.41, 5.74) is 0.319. The van der Waals surface area contributed by atoms with Gasteiger partial charge in [0.05, 0.1) is 17.8 Å². The molecule has 3 N–H and O–H groups in total. The Bertz CT molecular complexity index is 571. The number of ether oxygens (including phenoxy) is 1. The lowest BCUT2D eigenvalue weighted by atomic mass is 9.93. The van der Waals surface area contributed by atoms with Gasteiger partial charge in [0, 0.05) is 6.07 Å². The number of rotatable bonds is 4. The van der Waals surface area contributed by atoms with Crippen molar-refractivity contribution in [3.05, 3.63) is 24.0 Å². The van der Waals surface area contributed by atoms with E-state index in [4.69, 9.17) is 11.2 Å². The van der Waals surface area contributed by atoms with Crippen molar-refractivity contribution in [3.8, 4) is 18.1 Å². The molecule has 0 aliphatic heterocycles. The van der Waals surface area contributed by atoms with Gasteiger partial charge in [-0.3, -0.25) is 0 Å². The summed E-state index contributed by atoms with van der Waals surface area (Å²) >= 11 is 0. The van der Waals surface area contributed by atoms with E-state index in [9.17, 15) is 14.3 Å². The van der Waals surface area contributed by atoms with Crippen LogP contribution in [-0.4, -0.2) is 29.9 Å². The van der Waals surface area contributed by atoms with Gasteiger partial charge in [0.25, 0.3) is 0 Å². The molecule has 1 saturated carbocycles. The molecule has 0 heterocycles. The SMILES string of the molecule is C#CCOc1cc(F)ccc1NC(=O)NC1CCCCC1O. The van der Waals surface area contributed by atoms with Gasteiger partial charge in [0.1, 0.15) is 18.2 Å². The number of anilines is 1. The Labute approximate surface area is 128 Å². The number of hydrogen-bond acceptors (Lipinski definition) is 3. The van der Waals surface area contributed by atoms with Crippen molar-refractivity contribution in [2.24, 2.45) is 0 Å². The van der Waals surface area contributed by atoms with E-state index in [2.05, 4.69) is 16.6 Å². The van der Waals surface area contributed by atoms with Crippen LogP contribution in [0.3, 0.4) is 0 Å². The fourth-order valence-corrected chi connectivity index (χ4v) is 2.44. The molecule has 1 aliphatic rings. The van der Waals surface area contributed by atoms with Gasteiger partial charge in [0.2, 0.25) is 0 Å². The molecule has 5 nitrogen and oxygen atoms in total. The lowest BCUT2D eigenvalue weighted by Crippen LogP contribution is -2.46. The maximum Gasteiger partial charge on any atom is 0.319 e. The molecule has 1 aliphatic carbocycles. The fourth-order valence-electron chi connectivity index (χ4n) is 2.44. The summed E-state index contributed by atoms with van der Waals surface area (Å²) in [5, 5.41) is 15.2. The Morgan fingerprint density at radius 1 is 1.45 bits per heavy atom. The third-order valence-corrected chi connectivity index (χ3v) is 3.55. The van der Waals surface area contributed by atoms with Gasteiger partial charge in [0.15, 0.2) is 0 Å². The lowest BCUT2D eigenvalue weighted by Gasteiger charge is -2.28. The Hall–Kier alpha value is -2.26. The number of nitrogens with one attached hydrogen (secondary N) is 2. The van der Waals surface area contributed by atoms with Crippen LogP contribution in [0.5, 0.6) is 5.75 Å². The average molecular weight is 306 g/mol. The van der Waals surface area contributed by atoms with Crippen molar-refractivity contribution in [1.82, 2.24) is 5.32 Å². The Kier molecular flexibility index (Phi) is 5.61. The highest BCUT2D eigenvalue weighted by Gasteiger charge is 2.24. The molecule has 0 bridgehead atoms. The fraction of sp³-hybridized carbons (Fsp3) is 0.438. The van der Waals surface area contributed by atoms with Crippen LogP contribution in [-0.2, 0) is 0 Å². The van der Waals surface area contributed by atoms with Crippen molar-refractivity contribution in [2.45, 2.75) is 37.8 Å². The standard InChI is InChI=1S/C16H19FN2O3/c1-2-9-22-15-10-11(17)7-8-13(15)19-16(21)18-12-5-3-4-6-14(12)20/h1,7-8,10,12,14,20H,3-6,9H2,(H2,18,19,21). The molecule has 1 fully saturated rings. The zero-order chi connectivity index (χ0) is 15.9. The van der Waals surface area contributed by atoms with Crippen molar-refractivity contribution in [3.63, 3.8) is 0 Å². The second-order valence-electron chi connectivity index (χ2n) is 5.19. The number of amides is 2. The molecule has 0 aromatic heterocycles. The Balaban J connectivity index is 2.00. The number of carbonyl (C=O) groups is 1. The Morgan fingerprint density at radius 3 is 2.95 bits per heavy atom. The summed E-state index contributed by atoms with van der Waals surface area (Å²) in [7, 11) is 0. The van der Waals surface area contributed by atoms with Gasteiger partial charge in [-0.05, 0) is 25.0 Å². The maximum atomic E-state index is 13.2. The third kappa shape index (κ3) is 4.37. The molecule has 22 heavy (non-hydrogen) atoms. The van der Waals surface area contributed by atoms with Crippen LogP contribution in [0, 0.1) is 18.2 Å². The molecule has 6 heteroatoms. The monoisotopic (exact) mass is 306 g/mol. The first kappa shape index (κ1) is 16.1. The van der Waals surface area contributed by atoms with Crippen LogP contribution in [0.25, 0.3) is 0 Å². The molecule has 1 aromatic rings. The van der Waals surface area contributed by atoms with Crippen LogP contribution in [0.2, 0.25) is 0 Å². The van der Waals surface area contributed by atoms with Gasteiger partial charge in [-0.1, -0.05) is 18.8 Å². The van der Waals surface area contributed by atoms with Crippen molar-refractivity contribution >= 4 is 11.7 Å². The highest BCUT2D eigenvalue weighted by molar-refractivity contribution is 5.91. The third-order valence-electron chi connectivity index (χ3n) is 3.55. The number of terminal acetylenes is 1. The average Bonchev–Trinajstić information content (AvgIpc) is 2.50. The van der Waals surface area contributed by atoms with Crippen LogP contribution in [0.1, 0.15) is 25.7 Å².